The number of rotatable bonds is 16. The zero-order chi connectivity index (χ0) is 17.6. The second-order valence-corrected chi connectivity index (χ2v) is 7.00. The quantitative estimate of drug-likeness (QED) is 0.173. The number of carbonyl (C=O) groups excluding carboxylic acids is 1. The third-order valence-electron chi connectivity index (χ3n) is 2.64. The summed E-state index contributed by atoms with van der Waals surface area (Å²) in [6.07, 6.45) is -0.0252. The first kappa shape index (κ1) is 22.2. The van der Waals surface area contributed by atoms with Gasteiger partial charge in [-0.2, -0.15) is 0 Å². The smallest absolute Gasteiger partial charge is 0.486 e. The summed E-state index contributed by atoms with van der Waals surface area (Å²) in [7, 11) is 1.51. The molecule has 136 valence electrons. The largest absolute Gasteiger partial charge is 0.540 e. The molecule has 0 bridgehead atoms. The molecule has 0 saturated heterocycles. The van der Waals surface area contributed by atoms with Crippen LogP contribution in [0.4, 0.5) is 0 Å². The fourth-order valence-electron chi connectivity index (χ4n) is 1.37. The first-order valence-electron chi connectivity index (χ1n) is 7.22. The molecular formula is C14H28O8Si. The Bertz CT molecular complexity index is 310. The van der Waals surface area contributed by atoms with E-state index >= 15 is 0 Å². The summed E-state index contributed by atoms with van der Waals surface area (Å²) in [6.45, 7) is 6.89. The first-order valence-corrected chi connectivity index (χ1v) is 9.16. The highest BCUT2D eigenvalue weighted by atomic mass is 28.4. The first-order chi connectivity index (χ1) is 11.0. The predicted octanol–water partition coefficient (Wildman–Crippen LogP) is 0.573. The van der Waals surface area contributed by atoms with Gasteiger partial charge in [-0.1, -0.05) is 6.58 Å². The van der Waals surface area contributed by atoms with Gasteiger partial charge in [0.25, 0.3) is 0 Å². The third kappa shape index (κ3) is 10.6. The van der Waals surface area contributed by atoms with Gasteiger partial charge in [-0.15, -0.1) is 0 Å². The van der Waals surface area contributed by atoms with Crippen LogP contribution in [0.25, 0.3) is 0 Å². The van der Waals surface area contributed by atoms with Crippen LogP contribution in [-0.2, 0) is 37.0 Å². The lowest BCUT2D eigenvalue weighted by Crippen LogP contribution is -2.52. The minimum Gasteiger partial charge on any atom is -0.486 e. The van der Waals surface area contributed by atoms with E-state index in [1.807, 2.05) is 0 Å². The fraction of sp³-hybridized carbons (Fsp3) is 0.786. The highest BCUT2D eigenvalue weighted by Gasteiger charge is 2.43. The number of methoxy groups -OCH3 is 3. The number of Topliss-reactive ketones (excluding diaryl/α,β-unsaturated/α-hetero) is 1. The van der Waals surface area contributed by atoms with E-state index in [9.17, 15) is 4.79 Å². The van der Waals surface area contributed by atoms with E-state index in [1.165, 1.54) is 6.92 Å². The second-order valence-electron chi connectivity index (χ2n) is 4.47. The Morgan fingerprint density at radius 1 is 0.826 bits per heavy atom. The van der Waals surface area contributed by atoms with Crippen LogP contribution in [0.1, 0.15) is 6.92 Å². The SMILES string of the molecule is C=C(OC[Si](OCCOC)(OCCOC)OCCOC)C(C)=O. The maximum atomic E-state index is 11.3. The number of carbonyl (C=O) groups is 1. The van der Waals surface area contributed by atoms with Gasteiger partial charge in [0.2, 0.25) is 0 Å². The minimum absolute atomic E-state index is 0.0252. The summed E-state index contributed by atoms with van der Waals surface area (Å²) >= 11 is 0. The molecule has 0 aliphatic carbocycles. The van der Waals surface area contributed by atoms with Crippen LogP contribution in [0.5, 0.6) is 0 Å². The van der Waals surface area contributed by atoms with Crippen LogP contribution in [0.15, 0.2) is 12.3 Å². The zero-order valence-electron chi connectivity index (χ0n) is 14.4. The van der Waals surface area contributed by atoms with Gasteiger partial charge in [0.15, 0.2) is 17.8 Å². The Labute approximate surface area is 139 Å². The highest BCUT2D eigenvalue weighted by molar-refractivity contribution is 6.60. The molecule has 0 aliphatic rings. The van der Waals surface area contributed by atoms with Crippen LogP contribution in [-0.4, -0.2) is 81.8 Å². The summed E-state index contributed by atoms with van der Waals surface area (Å²) in [4.78, 5) is 11.3. The molecular weight excluding hydrogens is 324 g/mol. The summed E-state index contributed by atoms with van der Waals surface area (Å²) in [5, 5.41) is 0. The molecule has 0 aliphatic heterocycles. The van der Waals surface area contributed by atoms with Crippen molar-refractivity contribution in [1.82, 2.24) is 0 Å². The molecule has 0 amide bonds. The van der Waals surface area contributed by atoms with Gasteiger partial charge in [-0.25, -0.2) is 0 Å². The lowest BCUT2D eigenvalue weighted by Gasteiger charge is -2.29. The molecule has 0 saturated carbocycles. The third-order valence-corrected chi connectivity index (χ3v) is 5.07. The summed E-state index contributed by atoms with van der Waals surface area (Å²) in [5.41, 5.74) is 0. The molecule has 9 heteroatoms. The Morgan fingerprint density at radius 3 is 1.52 bits per heavy atom. The van der Waals surface area contributed by atoms with Crippen molar-refractivity contribution < 1.29 is 37.0 Å². The molecule has 0 unspecified atom stereocenters. The molecule has 0 atom stereocenters. The second kappa shape index (κ2) is 13.6. The van der Waals surface area contributed by atoms with E-state index in [2.05, 4.69) is 6.58 Å². The minimum atomic E-state index is -3.19. The molecule has 0 heterocycles. The van der Waals surface area contributed by atoms with E-state index in [0.717, 1.165) is 0 Å². The van der Waals surface area contributed by atoms with E-state index < -0.39 is 8.80 Å². The van der Waals surface area contributed by atoms with Crippen molar-refractivity contribution in [2.24, 2.45) is 0 Å². The normalized spacial score (nSPS) is 11.5. The molecule has 0 aromatic carbocycles. The van der Waals surface area contributed by atoms with Gasteiger partial charge >= 0.3 is 8.80 Å². The van der Waals surface area contributed by atoms with Crippen LogP contribution in [0.3, 0.4) is 0 Å². The summed E-state index contributed by atoms with van der Waals surface area (Å²) < 4.78 is 37.6. The number of hydrogen-bond donors (Lipinski definition) is 0. The van der Waals surface area contributed by atoms with Crippen molar-refractivity contribution in [3.63, 3.8) is 0 Å². The Balaban J connectivity index is 4.84. The molecule has 0 N–H and O–H groups in total. The number of ether oxygens (including phenoxy) is 4. The average molecular weight is 352 g/mol. The molecule has 0 fully saturated rings. The van der Waals surface area contributed by atoms with Gasteiger partial charge in [-0.3, -0.25) is 4.79 Å². The van der Waals surface area contributed by atoms with E-state index in [4.69, 9.17) is 32.2 Å². The van der Waals surface area contributed by atoms with Gasteiger partial charge in [0.05, 0.1) is 39.6 Å². The fourth-order valence-corrected chi connectivity index (χ4v) is 3.40. The predicted molar refractivity (Wildman–Crippen MR) is 85.0 cm³/mol. The van der Waals surface area contributed by atoms with Crippen molar-refractivity contribution in [1.29, 1.82) is 0 Å². The van der Waals surface area contributed by atoms with Crippen LogP contribution in [0, 0.1) is 0 Å². The molecule has 0 rings (SSSR count). The lowest BCUT2D eigenvalue weighted by atomic mass is 10.4. The van der Waals surface area contributed by atoms with Crippen LogP contribution in [0.2, 0.25) is 0 Å². The zero-order valence-corrected chi connectivity index (χ0v) is 15.4. The van der Waals surface area contributed by atoms with Crippen molar-refractivity contribution in [2.75, 3.05) is 67.2 Å². The monoisotopic (exact) mass is 352 g/mol. The van der Waals surface area contributed by atoms with Gasteiger partial charge < -0.3 is 32.2 Å². The lowest BCUT2D eigenvalue weighted by molar-refractivity contribution is -0.116. The number of allylic oxidation sites excluding steroid dienone is 1. The molecule has 8 nitrogen and oxygen atoms in total. The van der Waals surface area contributed by atoms with Gasteiger partial charge in [0.1, 0.15) is 0 Å². The Morgan fingerprint density at radius 2 is 1.22 bits per heavy atom. The van der Waals surface area contributed by atoms with E-state index in [0.29, 0.717) is 19.8 Å². The molecule has 0 aromatic rings. The van der Waals surface area contributed by atoms with Crippen molar-refractivity contribution in [3.8, 4) is 0 Å². The Kier molecular flexibility index (Phi) is 13.1. The standard InChI is InChI=1S/C14H28O8Si/c1-13(15)14(2)19-12-23(20-9-6-16-3,21-10-7-17-4)22-11-8-18-5/h2,6-12H2,1,3-5H3. The molecule has 0 radical (unpaired) electrons. The highest BCUT2D eigenvalue weighted by Crippen LogP contribution is 2.13. The van der Waals surface area contributed by atoms with E-state index in [-0.39, 0.29) is 37.6 Å². The molecule has 0 spiro atoms. The van der Waals surface area contributed by atoms with E-state index in [1.54, 1.807) is 21.3 Å². The van der Waals surface area contributed by atoms with Gasteiger partial charge in [0, 0.05) is 28.3 Å². The average Bonchev–Trinajstić information content (AvgIpc) is 2.53. The van der Waals surface area contributed by atoms with Crippen molar-refractivity contribution in [2.45, 2.75) is 6.92 Å². The Hall–Kier alpha value is -0.813. The maximum absolute atomic E-state index is 11.3. The van der Waals surface area contributed by atoms with Gasteiger partial charge in [-0.05, 0) is 0 Å². The maximum Gasteiger partial charge on any atom is 0.540 e. The number of ketones is 1. The van der Waals surface area contributed by atoms with Crippen molar-refractivity contribution in [3.05, 3.63) is 12.3 Å². The summed E-state index contributed by atoms with van der Waals surface area (Å²) in [5.74, 6) is -0.235. The molecule has 0 aromatic heterocycles. The molecule has 23 heavy (non-hydrogen) atoms. The van der Waals surface area contributed by atoms with Crippen molar-refractivity contribution >= 4 is 14.6 Å². The number of hydrogen-bond acceptors (Lipinski definition) is 8. The van der Waals surface area contributed by atoms with Crippen LogP contribution < -0.4 is 0 Å². The summed E-state index contributed by atoms with van der Waals surface area (Å²) in [6, 6.07) is 0. The van der Waals surface area contributed by atoms with Crippen LogP contribution >= 0.6 is 0 Å². The topological polar surface area (TPSA) is 81.7 Å².